The fraction of sp³-hybridized carbons (Fsp3) is 0.600. The Morgan fingerprint density at radius 1 is 1.11 bits per heavy atom. The Morgan fingerprint density at radius 3 is 2.17 bits per heavy atom. The molecule has 1 aromatic carbocycles. The van der Waals surface area contributed by atoms with E-state index in [0.29, 0.717) is 6.04 Å². The molecule has 102 valence electrons. The van der Waals surface area contributed by atoms with Crippen LogP contribution in [-0.4, -0.2) is 27.3 Å². The average Bonchev–Trinajstić information content (AvgIpc) is 2.34. The highest BCUT2D eigenvalue weighted by Crippen LogP contribution is 2.29. The van der Waals surface area contributed by atoms with Gasteiger partial charge in [-0.05, 0) is 36.6 Å². The summed E-state index contributed by atoms with van der Waals surface area (Å²) in [7, 11) is 5.33. The molecule has 18 heavy (non-hydrogen) atoms. The summed E-state index contributed by atoms with van der Waals surface area (Å²) in [6, 6.07) is 6.53. The normalized spacial score (nSPS) is 13.2. The summed E-state index contributed by atoms with van der Waals surface area (Å²) in [6.07, 6.45) is 0.973. The smallest absolute Gasteiger partial charge is 0.160 e. The number of benzene rings is 1. The minimum atomic E-state index is 0.224. The lowest BCUT2D eigenvalue weighted by Crippen LogP contribution is -2.39. The van der Waals surface area contributed by atoms with E-state index in [1.165, 1.54) is 5.56 Å². The molecule has 0 saturated heterocycles. The number of methoxy groups -OCH3 is 2. The Bertz CT molecular complexity index is 383. The number of ether oxygens (including phenoxy) is 2. The lowest BCUT2D eigenvalue weighted by atomic mass is 9.83. The molecule has 0 aromatic heterocycles. The van der Waals surface area contributed by atoms with Gasteiger partial charge in [0.15, 0.2) is 11.5 Å². The minimum absolute atomic E-state index is 0.224. The highest BCUT2D eigenvalue weighted by molar-refractivity contribution is 5.43. The molecule has 1 rings (SSSR count). The van der Waals surface area contributed by atoms with E-state index in [9.17, 15) is 0 Å². The monoisotopic (exact) mass is 251 g/mol. The number of likely N-dealkylation sites (N-methyl/N-ethyl adjacent to an activating group) is 1. The molecule has 1 unspecified atom stereocenters. The SMILES string of the molecule is CNC(Cc1ccc(OC)c(OC)c1)C(C)(C)C. The van der Waals surface area contributed by atoms with Gasteiger partial charge in [0.2, 0.25) is 0 Å². The van der Waals surface area contributed by atoms with Gasteiger partial charge in [0.1, 0.15) is 0 Å². The molecule has 1 aromatic rings. The van der Waals surface area contributed by atoms with Gasteiger partial charge in [0.05, 0.1) is 14.2 Å². The predicted molar refractivity (Wildman–Crippen MR) is 75.6 cm³/mol. The Morgan fingerprint density at radius 2 is 1.72 bits per heavy atom. The van der Waals surface area contributed by atoms with Gasteiger partial charge < -0.3 is 14.8 Å². The molecule has 3 nitrogen and oxygen atoms in total. The second kappa shape index (κ2) is 6.10. The lowest BCUT2D eigenvalue weighted by molar-refractivity contribution is 0.279. The maximum absolute atomic E-state index is 5.33. The van der Waals surface area contributed by atoms with E-state index in [0.717, 1.165) is 17.9 Å². The van der Waals surface area contributed by atoms with E-state index in [1.807, 2.05) is 13.1 Å². The molecule has 0 spiro atoms. The molecule has 0 aliphatic heterocycles. The quantitative estimate of drug-likeness (QED) is 0.873. The third-order valence-corrected chi connectivity index (χ3v) is 3.28. The maximum Gasteiger partial charge on any atom is 0.160 e. The Balaban J connectivity index is 2.91. The largest absolute Gasteiger partial charge is 0.493 e. The molecule has 0 saturated carbocycles. The molecule has 0 heterocycles. The third-order valence-electron chi connectivity index (χ3n) is 3.28. The van der Waals surface area contributed by atoms with Crippen molar-refractivity contribution in [2.24, 2.45) is 5.41 Å². The van der Waals surface area contributed by atoms with Crippen molar-refractivity contribution in [3.63, 3.8) is 0 Å². The number of nitrogens with one attached hydrogen (secondary N) is 1. The topological polar surface area (TPSA) is 30.5 Å². The minimum Gasteiger partial charge on any atom is -0.493 e. The van der Waals surface area contributed by atoms with E-state index in [2.05, 4.69) is 38.2 Å². The molecule has 0 radical (unpaired) electrons. The average molecular weight is 251 g/mol. The van der Waals surface area contributed by atoms with Gasteiger partial charge >= 0.3 is 0 Å². The van der Waals surface area contributed by atoms with Crippen molar-refractivity contribution in [2.45, 2.75) is 33.2 Å². The first-order valence-corrected chi connectivity index (χ1v) is 6.30. The van der Waals surface area contributed by atoms with Crippen LogP contribution in [0.5, 0.6) is 11.5 Å². The molecule has 1 atom stereocenters. The van der Waals surface area contributed by atoms with Crippen LogP contribution in [-0.2, 0) is 6.42 Å². The Hall–Kier alpha value is -1.22. The van der Waals surface area contributed by atoms with Crippen LogP contribution in [0.15, 0.2) is 18.2 Å². The first-order valence-electron chi connectivity index (χ1n) is 6.30. The second-order valence-corrected chi connectivity index (χ2v) is 5.60. The van der Waals surface area contributed by atoms with Crippen molar-refractivity contribution in [3.8, 4) is 11.5 Å². The standard InChI is InChI=1S/C15H25NO2/c1-15(2,3)14(16-4)10-11-7-8-12(17-5)13(9-11)18-6/h7-9,14,16H,10H2,1-6H3. The molecular weight excluding hydrogens is 226 g/mol. The van der Waals surface area contributed by atoms with Crippen molar-refractivity contribution < 1.29 is 9.47 Å². The van der Waals surface area contributed by atoms with Crippen LogP contribution in [0.3, 0.4) is 0 Å². The number of hydrogen-bond donors (Lipinski definition) is 1. The zero-order chi connectivity index (χ0) is 13.8. The van der Waals surface area contributed by atoms with Crippen LogP contribution in [0.2, 0.25) is 0 Å². The second-order valence-electron chi connectivity index (χ2n) is 5.60. The van der Waals surface area contributed by atoms with E-state index >= 15 is 0 Å². The van der Waals surface area contributed by atoms with E-state index in [4.69, 9.17) is 9.47 Å². The Kier molecular flexibility index (Phi) is 5.03. The molecule has 0 aliphatic carbocycles. The highest BCUT2D eigenvalue weighted by Gasteiger charge is 2.23. The van der Waals surface area contributed by atoms with Crippen LogP contribution in [0.25, 0.3) is 0 Å². The molecule has 1 N–H and O–H groups in total. The summed E-state index contributed by atoms with van der Waals surface area (Å²) in [5.41, 5.74) is 1.48. The number of hydrogen-bond acceptors (Lipinski definition) is 3. The van der Waals surface area contributed by atoms with Crippen LogP contribution >= 0.6 is 0 Å². The van der Waals surface area contributed by atoms with Gasteiger partial charge in [0.25, 0.3) is 0 Å². The van der Waals surface area contributed by atoms with Gasteiger partial charge in [-0.1, -0.05) is 26.8 Å². The van der Waals surface area contributed by atoms with Gasteiger partial charge in [-0.2, -0.15) is 0 Å². The first-order chi connectivity index (χ1) is 8.42. The van der Waals surface area contributed by atoms with E-state index < -0.39 is 0 Å². The van der Waals surface area contributed by atoms with Crippen LogP contribution in [0, 0.1) is 5.41 Å². The van der Waals surface area contributed by atoms with Crippen molar-refractivity contribution in [2.75, 3.05) is 21.3 Å². The van der Waals surface area contributed by atoms with Gasteiger partial charge in [0, 0.05) is 6.04 Å². The van der Waals surface area contributed by atoms with Crippen LogP contribution in [0.1, 0.15) is 26.3 Å². The summed E-state index contributed by atoms with van der Waals surface area (Å²) < 4.78 is 10.6. The number of rotatable bonds is 5. The van der Waals surface area contributed by atoms with Gasteiger partial charge in [-0.3, -0.25) is 0 Å². The summed E-state index contributed by atoms with van der Waals surface area (Å²) >= 11 is 0. The summed E-state index contributed by atoms with van der Waals surface area (Å²) in [6.45, 7) is 6.73. The molecule has 3 heteroatoms. The van der Waals surface area contributed by atoms with Crippen molar-refractivity contribution in [1.29, 1.82) is 0 Å². The van der Waals surface area contributed by atoms with Crippen LogP contribution in [0.4, 0.5) is 0 Å². The molecular formula is C15H25NO2. The predicted octanol–water partition coefficient (Wildman–Crippen LogP) is 2.88. The van der Waals surface area contributed by atoms with E-state index in [-0.39, 0.29) is 5.41 Å². The maximum atomic E-state index is 5.33. The Labute approximate surface area is 110 Å². The zero-order valence-electron chi connectivity index (χ0n) is 12.3. The summed E-state index contributed by atoms with van der Waals surface area (Å²) in [4.78, 5) is 0. The van der Waals surface area contributed by atoms with Crippen molar-refractivity contribution >= 4 is 0 Å². The fourth-order valence-electron chi connectivity index (χ4n) is 2.08. The van der Waals surface area contributed by atoms with Crippen molar-refractivity contribution in [1.82, 2.24) is 5.32 Å². The fourth-order valence-corrected chi connectivity index (χ4v) is 2.08. The third kappa shape index (κ3) is 3.64. The molecule has 0 fully saturated rings. The zero-order valence-corrected chi connectivity index (χ0v) is 12.3. The highest BCUT2D eigenvalue weighted by atomic mass is 16.5. The van der Waals surface area contributed by atoms with Crippen LogP contribution < -0.4 is 14.8 Å². The summed E-state index contributed by atoms with van der Waals surface area (Å²) in [5.74, 6) is 1.57. The van der Waals surface area contributed by atoms with Gasteiger partial charge in [-0.25, -0.2) is 0 Å². The van der Waals surface area contributed by atoms with Crippen molar-refractivity contribution in [3.05, 3.63) is 23.8 Å². The van der Waals surface area contributed by atoms with Gasteiger partial charge in [-0.15, -0.1) is 0 Å². The van der Waals surface area contributed by atoms with E-state index in [1.54, 1.807) is 14.2 Å². The summed E-state index contributed by atoms with van der Waals surface area (Å²) in [5, 5.41) is 3.38. The molecule has 0 aliphatic rings. The molecule has 0 bridgehead atoms. The lowest BCUT2D eigenvalue weighted by Gasteiger charge is -2.30. The first kappa shape index (κ1) is 14.8. The molecule has 0 amide bonds.